The van der Waals surface area contributed by atoms with Gasteiger partial charge in [0.25, 0.3) is 0 Å². The number of hydrogen-bond donors (Lipinski definition) is 2. The number of hydrogen-bond acceptors (Lipinski definition) is 3. The van der Waals surface area contributed by atoms with Gasteiger partial charge in [0, 0.05) is 7.05 Å². The van der Waals surface area contributed by atoms with E-state index in [-0.39, 0.29) is 0 Å². The predicted molar refractivity (Wildman–Crippen MR) is 33.5 cm³/mol. The molecular weight excluding hydrogens is 160 g/mol. The number of alkyl halides is 3. The molecule has 0 aromatic rings. The first-order chi connectivity index (χ1) is 4.87. The Hall–Kier alpha value is -0.265. The van der Waals surface area contributed by atoms with Crippen molar-refractivity contribution in [1.82, 2.24) is 10.7 Å². The van der Waals surface area contributed by atoms with Gasteiger partial charge in [-0.05, 0) is 6.92 Å². The standard InChI is InChI=1S/C4H8BF3N2O/c1-3(10-5,11-9-2)4(6,7)8/h9-10H,1-2H3. The third-order valence-electron chi connectivity index (χ3n) is 1.12. The Balaban J connectivity index is 4.33. The van der Waals surface area contributed by atoms with Crippen LogP contribution >= 0.6 is 0 Å². The third kappa shape index (κ3) is 2.35. The Morgan fingerprint density at radius 3 is 1.91 bits per heavy atom. The maximum absolute atomic E-state index is 12.0. The molecule has 0 spiro atoms. The maximum atomic E-state index is 12.0. The maximum Gasteiger partial charge on any atom is 0.431 e. The van der Waals surface area contributed by atoms with Gasteiger partial charge in [0.2, 0.25) is 5.72 Å². The van der Waals surface area contributed by atoms with Crippen molar-refractivity contribution in [3.63, 3.8) is 0 Å². The summed E-state index contributed by atoms with van der Waals surface area (Å²) < 4.78 is 36.0. The van der Waals surface area contributed by atoms with E-state index in [0.717, 1.165) is 6.92 Å². The fourth-order valence-corrected chi connectivity index (χ4v) is 0.373. The minimum Gasteiger partial charge on any atom is -0.331 e. The lowest BCUT2D eigenvalue weighted by Gasteiger charge is -2.30. The molecule has 7 heteroatoms. The Morgan fingerprint density at radius 2 is 1.82 bits per heavy atom. The van der Waals surface area contributed by atoms with Crippen molar-refractivity contribution in [1.29, 1.82) is 0 Å². The summed E-state index contributed by atoms with van der Waals surface area (Å²) in [6.07, 6.45) is -4.56. The molecule has 0 aromatic heterocycles. The van der Waals surface area contributed by atoms with E-state index in [1.807, 2.05) is 5.48 Å². The second kappa shape index (κ2) is 3.42. The molecule has 0 amide bonds. The SMILES string of the molecule is [B]NC(C)(ONC)C(F)(F)F. The van der Waals surface area contributed by atoms with Gasteiger partial charge in [0.05, 0.1) is 0 Å². The highest BCUT2D eigenvalue weighted by atomic mass is 19.4. The van der Waals surface area contributed by atoms with Crippen molar-refractivity contribution >= 4 is 7.98 Å². The molecule has 2 radical (unpaired) electrons. The van der Waals surface area contributed by atoms with Crippen molar-refractivity contribution in [2.45, 2.75) is 18.8 Å². The molecule has 1 unspecified atom stereocenters. The van der Waals surface area contributed by atoms with E-state index in [1.54, 1.807) is 0 Å². The van der Waals surface area contributed by atoms with Gasteiger partial charge < -0.3 is 5.23 Å². The first-order valence-electron chi connectivity index (χ1n) is 2.76. The lowest BCUT2D eigenvalue weighted by molar-refractivity contribution is -0.292. The van der Waals surface area contributed by atoms with Gasteiger partial charge in [-0.25, -0.2) is 5.48 Å². The van der Waals surface area contributed by atoms with Crippen molar-refractivity contribution in [3.05, 3.63) is 0 Å². The van der Waals surface area contributed by atoms with Gasteiger partial charge in [-0.1, -0.05) is 0 Å². The van der Waals surface area contributed by atoms with Gasteiger partial charge in [0.1, 0.15) is 0 Å². The number of hydroxylamine groups is 1. The number of halogens is 3. The fraction of sp³-hybridized carbons (Fsp3) is 1.00. The van der Waals surface area contributed by atoms with Crippen LogP contribution < -0.4 is 10.7 Å². The molecule has 0 aliphatic heterocycles. The predicted octanol–water partition coefficient (Wildman–Crippen LogP) is 0.0890. The van der Waals surface area contributed by atoms with Crippen LogP contribution in [0.2, 0.25) is 0 Å². The van der Waals surface area contributed by atoms with Crippen molar-refractivity contribution in [2.24, 2.45) is 0 Å². The molecule has 0 fully saturated rings. The summed E-state index contributed by atoms with van der Waals surface area (Å²) in [5.74, 6) is 0. The minimum absolute atomic E-state index is 0.767. The number of rotatable bonds is 3. The van der Waals surface area contributed by atoms with Crippen LogP contribution in [0.1, 0.15) is 6.92 Å². The van der Waals surface area contributed by atoms with E-state index in [4.69, 9.17) is 0 Å². The van der Waals surface area contributed by atoms with E-state index >= 15 is 0 Å². The second-order valence-electron chi connectivity index (χ2n) is 1.98. The molecule has 0 aliphatic rings. The molecule has 0 saturated heterocycles. The van der Waals surface area contributed by atoms with E-state index in [0.29, 0.717) is 0 Å². The van der Waals surface area contributed by atoms with Crippen LogP contribution in [0.25, 0.3) is 0 Å². The van der Waals surface area contributed by atoms with E-state index < -0.39 is 11.9 Å². The van der Waals surface area contributed by atoms with Crippen LogP contribution in [0, 0.1) is 0 Å². The van der Waals surface area contributed by atoms with Crippen molar-refractivity contribution in [2.75, 3.05) is 7.05 Å². The summed E-state index contributed by atoms with van der Waals surface area (Å²) in [5, 5.41) is 1.51. The lowest BCUT2D eigenvalue weighted by Crippen LogP contribution is -2.57. The molecule has 11 heavy (non-hydrogen) atoms. The zero-order valence-corrected chi connectivity index (χ0v) is 6.12. The largest absolute Gasteiger partial charge is 0.431 e. The number of nitrogens with one attached hydrogen (secondary N) is 2. The first-order valence-corrected chi connectivity index (χ1v) is 2.76. The monoisotopic (exact) mass is 168 g/mol. The molecule has 0 bridgehead atoms. The topological polar surface area (TPSA) is 33.3 Å². The molecule has 64 valence electrons. The van der Waals surface area contributed by atoms with E-state index in [1.165, 1.54) is 12.3 Å². The zero-order chi connectivity index (χ0) is 9.12. The van der Waals surface area contributed by atoms with Crippen LogP contribution in [-0.2, 0) is 4.84 Å². The zero-order valence-electron chi connectivity index (χ0n) is 6.12. The van der Waals surface area contributed by atoms with Crippen molar-refractivity contribution < 1.29 is 18.0 Å². The Bertz CT molecular complexity index is 131. The van der Waals surface area contributed by atoms with Gasteiger partial charge in [-0.2, -0.15) is 13.2 Å². The quantitative estimate of drug-likeness (QED) is 0.356. The highest BCUT2D eigenvalue weighted by Crippen LogP contribution is 2.29. The van der Waals surface area contributed by atoms with Crippen LogP contribution in [0.4, 0.5) is 13.2 Å². The molecule has 0 aliphatic carbocycles. The minimum atomic E-state index is -4.56. The van der Waals surface area contributed by atoms with Gasteiger partial charge in [-0.15, -0.1) is 0 Å². The highest BCUT2D eigenvalue weighted by molar-refractivity contribution is 6.04. The van der Waals surface area contributed by atoms with E-state index in [9.17, 15) is 13.2 Å². The Kier molecular flexibility index (Phi) is 3.34. The summed E-state index contributed by atoms with van der Waals surface area (Å²) in [5.41, 5.74) is -0.651. The lowest BCUT2D eigenvalue weighted by atomic mass is 10.2. The highest BCUT2D eigenvalue weighted by Gasteiger charge is 2.51. The molecule has 3 nitrogen and oxygen atoms in total. The first kappa shape index (κ1) is 10.7. The Morgan fingerprint density at radius 1 is 1.36 bits per heavy atom. The van der Waals surface area contributed by atoms with Crippen LogP contribution in [-0.4, -0.2) is 26.9 Å². The smallest absolute Gasteiger partial charge is 0.331 e. The van der Waals surface area contributed by atoms with E-state index in [2.05, 4.69) is 12.8 Å². The third-order valence-corrected chi connectivity index (χ3v) is 1.12. The van der Waals surface area contributed by atoms with Gasteiger partial charge in [-0.3, -0.25) is 4.84 Å². The second-order valence-corrected chi connectivity index (χ2v) is 1.98. The molecular formula is C4H8BF3N2O. The van der Waals surface area contributed by atoms with Crippen LogP contribution in [0.15, 0.2) is 0 Å². The van der Waals surface area contributed by atoms with Gasteiger partial charge in [0.15, 0.2) is 7.98 Å². The molecule has 0 saturated carbocycles. The summed E-state index contributed by atoms with van der Waals surface area (Å²) in [6.45, 7) is 0.767. The summed E-state index contributed by atoms with van der Waals surface area (Å²) in [7, 11) is 5.85. The van der Waals surface area contributed by atoms with Crippen molar-refractivity contribution in [3.8, 4) is 0 Å². The molecule has 1 atom stereocenters. The molecule has 0 aromatic carbocycles. The molecule has 0 rings (SSSR count). The average molecular weight is 168 g/mol. The fourth-order valence-electron chi connectivity index (χ4n) is 0.373. The summed E-state index contributed by atoms with van der Waals surface area (Å²) in [6, 6.07) is 0. The molecule has 0 heterocycles. The Labute approximate surface area is 63.7 Å². The summed E-state index contributed by atoms with van der Waals surface area (Å²) in [4.78, 5) is 4.13. The molecule has 2 N–H and O–H groups in total. The van der Waals surface area contributed by atoms with Crippen LogP contribution in [0.3, 0.4) is 0 Å². The van der Waals surface area contributed by atoms with Gasteiger partial charge >= 0.3 is 6.18 Å². The van der Waals surface area contributed by atoms with Crippen LogP contribution in [0.5, 0.6) is 0 Å². The summed E-state index contributed by atoms with van der Waals surface area (Å²) >= 11 is 0. The normalized spacial score (nSPS) is 17.9. The average Bonchev–Trinajstić information content (AvgIpc) is 1.86.